The average molecular weight is 284 g/mol. The number of fused-ring (bicyclic) bond motifs is 1. The van der Waals surface area contributed by atoms with Crippen LogP contribution in [-0.4, -0.2) is 24.4 Å². The van der Waals surface area contributed by atoms with E-state index in [1.54, 1.807) is 25.2 Å². The van der Waals surface area contributed by atoms with Gasteiger partial charge in [-0.15, -0.1) is 0 Å². The number of rotatable bonds is 3. The Morgan fingerprint density at radius 2 is 2.10 bits per heavy atom. The number of nitrogens with zero attached hydrogens (tertiary/aromatic N) is 1. The van der Waals surface area contributed by atoms with E-state index in [1.165, 1.54) is 16.5 Å². The van der Waals surface area contributed by atoms with Gasteiger partial charge in [-0.05, 0) is 30.2 Å². The molecule has 1 heterocycles. The molecule has 0 aromatic heterocycles. The molecule has 1 amide bonds. The molecule has 2 aromatic carbocycles. The maximum atomic E-state index is 13.6. The van der Waals surface area contributed by atoms with Crippen molar-refractivity contribution in [1.29, 1.82) is 0 Å². The van der Waals surface area contributed by atoms with Gasteiger partial charge in [-0.25, -0.2) is 4.39 Å². The lowest BCUT2D eigenvalue weighted by molar-refractivity contribution is 0.0784. The molecule has 0 bridgehead atoms. The number of hydrogen-bond donors (Lipinski definition) is 1. The van der Waals surface area contributed by atoms with Gasteiger partial charge in [0.1, 0.15) is 5.82 Å². The molecule has 1 aliphatic rings. The molecule has 1 N–H and O–H groups in total. The van der Waals surface area contributed by atoms with Crippen molar-refractivity contribution in [2.75, 3.05) is 18.9 Å². The second kappa shape index (κ2) is 5.56. The van der Waals surface area contributed by atoms with Crippen molar-refractivity contribution in [2.24, 2.45) is 0 Å². The molecular weight excluding hydrogens is 267 g/mol. The van der Waals surface area contributed by atoms with E-state index in [4.69, 9.17) is 0 Å². The van der Waals surface area contributed by atoms with E-state index in [1.807, 2.05) is 18.2 Å². The molecule has 0 saturated carbocycles. The monoisotopic (exact) mass is 284 g/mol. The van der Waals surface area contributed by atoms with Gasteiger partial charge in [-0.2, -0.15) is 0 Å². The molecule has 108 valence electrons. The summed E-state index contributed by atoms with van der Waals surface area (Å²) in [5.74, 6) is -0.387. The summed E-state index contributed by atoms with van der Waals surface area (Å²) >= 11 is 0. The van der Waals surface area contributed by atoms with Crippen LogP contribution >= 0.6 is 0 Å². The van der Waals surface area contributed by atoms with Crippen LogP contribution in [0.15, 0.2) is 42.5 Å². The Labute approximate surface area is 123 Å². The van der Waals surface area contributed by atoms with Gasteiger partial charge in [0.25, 0.3) is 5.91 Å². The van der Waals surface area contributed by atoms with Crippen molar-refractivity contribution < 1.29 is 9.18 Å². The zero-order valence-corrected chi connectivity index (χ0v) is 11.9. The fourth-order valence-corrected chi connectivity index (χ4v) is 2.60. The van der Waals surface area contributed by atoms with E-state index < -0.39 is 0 Å². The predicted molar refractivity (Wildman–Crippen MR) is 80.8 cm³/mol. The number of nitrogens with one attached hydrogen (secondary N) is 1. The van der Waals surface area contributed by atoms with Crippen LogP contribution in [0.2, 0.25) is 0 Å². The number of carbonyl (C=O) groups is 1. The molecule has 3 rings (SSSR count). The van der Waals surface area contributed by atoms with Crippen molar-refractivity contribution in [2.45, 2.75) is 13.0 Å². The van der Waals surface area contributed by atoms with Crippen LogP contribution in [0.3, 0.4) is 0 Å². The van der Waals surface area contributed by atoms with Gasteiger partial charge in [0.2, 0.25) is 0 Å². The first-order valence-corrected chi connectivity index (χ1v) is 7.01. The zero-order chi connectivity index (χ0) is 14.8. The molecule has 1 aliphatic heterocycles. The molecule has 0 fully saturated rings. The molecule has 0 radical (unpaired) electrons. The minimum Gasteiger partial charge on any atom is -0.384 e. The third-order valence-corrected chi connectivity index (χ3v) is 3.78. The lowest BCUT2D eigenvalue weighted by Gasteiger charge is -2.18. The van der Waals surface area contributed by atoms with Crippen molar-refractivity contribution in [3.63, 3.8) is 0 Å². The van der Waals surface area contributed by atoms with Crippen LogP contribution in [0, 0.1) is 5.82 Å². The lowest BCUT2D eigenvalue weighted by Crippen LogP contribution is -2.26. The summed E-state index contributed by atoms with van der Waals surface area (Å²) in [5.41, 5.74) is 3.41. The summed E-state index contributed by atoms with van der Waals surface area (Å²) in [6.07, 6.45) is 0.995. The molecule has 4 heteroatoms. The van der Waals surface area contributed by atoms with E-state index in [0.717, 1.165) is 18.7 Å². The Balaban J connectivity index is 1.77. The lowest BCUT2D eigenvalue weighted by atomic mass is 10.1. The van der Waals surface area contributed by atoms with Gasteiger partial charge in [-0.1, -0.05) is 24.3 Å². The Bertz CT molecular complexity index is 684. The summed E-state index contributed by atoms with van der Waals surface area (Å²) in [6.45, 7) is 1.17. The zero-order valence-electron chi connectivity index (χ0n) is 11.9. The second-order valence-electron chi connectivity index (χ2n) is 5.30. The number of hydrogen-bond acceptors (Lipinski definition) is 2. The Hall–Kier alpha value is -2.36. The first-order valence-electron chi connectivity index (χ1n) is 7.01. The van der Waals surface area contributed by atoms with Crippen LogP contribution in [0.25, 0.3) is 0 Å². The third-order valence-electron chi connectivity index (χ3n) is 3.78. The second-order valence-corrected chi connectivity index (χ2v) is 5.30. The van der Waals surface area contributed by atoms with Gasteiger partial charge in [0.15, 0.2) is 0 Å². The van der Waals surface area contributed by atoms with Crippen molar-refractivity contribution >= 4 is 11.6 Å². The van der Waals surface area contributed by atoms with Crippen LogP contribution in [0.4, 0.5) is 10.1 Å². The highest BCUT2D eigenvalue weighted by atomic mass is 19.1. The van der Waals surface area contributed by atoms with E-state index in [-0.39, 0.29) is 18.3 Å². The van der Waals surface area contributed by atoms with Gasteiger partial charge >= 0.3 is 0 Å². The first-order chi connectivity index (χ1) is 10.1. The average Bonchev–Trinajstić information content (AvgIpc) is 2.96. The molecule has 0 aliphatic carbocycles. The predicted octanol–water partition coefficient (Wildman–Crippen LogP) is 3.07. The number of amides is 1. The number of carbonyl (C=O) groups excluding carboxylic acids is 1. The fourth-order valence-electron chi connectivity index (χ4n) is 2.60. The van der Waals surface area contributed by atoms with E-state index in [0.29, 0.717) is 11.1 Å². The number of halogens is 1. The maximum absolute atomic E-state index is 13.6. The van der Waals surface area contributed by atoms with Crippen LogP contribution in [0.5, 0.6) is 0 Å². The SMILES string of the molecule is CN(Cc1ccccc1F)C(=O)c1ccc2c(c1)NCC2. The molecular formula is C17H17FN2O. The molecule has 3 nitrogen and oxygen atoms in total. The van der Waals surface area contributed by atoms with Crippen LogP contribution in [0.1, 0.15) is 21.5 Å². The van der Waals surface area contributed by atoms with Gasteiger partial charge < -0.3 is 10.2 Å². The van der Waals surface area contributed by atoms with Crippen molar-refractivity contribution in [3.05, 3.63) is 65.0 Å². The van der Waals surface area contributed by atoms with E-state index >= 15 is 0 Å². The summed E-state index contributed by atoms with van der Waals surface area (Å²) in [7, 11) is 1.69. The fraction of sp³-hybridized carbons (Fsp3) is 0.235. The number of benzene rings is 2. The Morgan fingerprint density at radius 3 is 2.90 bits per heavy atom. The quantitative estimate of drug-likeness (QED) is 0.939. The Morgan fingerprint density at radius 1 is 1.29 bits per heavy atom. The van der Waals surface area contributed by atoms with Crippen molar-refractivity contribution in [3.8, 4) is 0 Å². The molecule has 0 atom stereocenters. The summed E-state index contributed by atoms with van der Waals surface area (Å²) in [4.78, 5) is 14.0. The van der Waals surface area contributed by atoms with E-state index in [2.05, 4.69) is 5.32 Å². The molecule has 2 aromatic rings. The smallest absolute Gasteiger partial charge is 0.253 e. The van der Waals surface area contributed by atoms with Gasteiger partial charge in [-0.3, -0.25) is 4.79 Å². The van der Waals surface area contributed by atoms with E-state index in [9.17, 15) is 9.18 Å². The maximum Gasteiger partial charge on any atom is 0.253 e. The van der Waals surface area contributed by atoms with Crippen LogP contribution < -0.4 is 5.32 Å². The Kier molecular flexibility index (Phi) is 3.60. The standard InChI is InChI=1S/C17H17FN2O/c1-20(11-14-4-2-3-5-15(14)18)17(21)13-7-6-12-8-9-19-16(12)10-13/h2-7,10,19H,8-9,11H2,1H3. The minimum atomic E-state index is -0.284. The first kappa shape index (κ1) is 13.6. The molecule has 0 unspecified atom stereocenters. The van der Waals surface area contributed by atoms with Crippen LogP contribution in [-0.2, 0) is 13.0 Å². The largest absolute Gasteiger partial charge is 0.384 e. The van der Waals surface area contributed by atoms with Gasteiger partial charge in [0.05, 0.1) is 0 Å². The summed E-state index contributed by atoms with van der Waals surface area (Å²) in [5, 5.41) is 3.26. The highest BCUT2D eigenvalue weighted by Crippen LogP contribution is 2.24. The van der Waals surface area contributed by atoms with Gasteiger partial charge in [0, 0.05) is 37.0 Å². The third kappa shape index (κ3) is 2.75. The molecule has 0 saturated heterocycles. The molecule has 0 spiro atoms. The highest BCUT2D eigenvalue weighted by Gasteiger charge is 2.17. The molecule has 21 heavy (non-hydrogen) atoms. The number of anilines is 1. The summed E-state index contributed by atoms with van der Waals surface area (Å²) < 4.78 is 13.6. The minimum absolute atomic E-state index is 0.102. The normalized spacial score (nSPS) is 12.7. The summed E-state index contributed by atoms with van der Waals surface area (Å²) in [6, 6.07) is 12.2. The van der Waals surface area contributed by atoms with Crippen molar-refractivity contribution in [1.82, 2.24) is 4.90 Å². The topological polar surface area (TPSA) is 32.3 Å². The highest BCUT2D eigenvalue weighted by molar-refractivity contribution is 5.95.